The minimum atomic E-state index is 0.0730. The molecule has 0 saturated heterocycles. The predicted octanol–water partition coefficient (Wildman–Crippen LogP) is 2.70. The van der Waals surface area contributed by atoms with E-state index in [-0.39, 0.29) is 6.04 Å². The molecule has 0 aliphatic carbocycles. The zero-order chi connectivity index (χ0) is 15.2. The maximum Gasteiger partial charge on any atom is 0.118 e. The Labute approximate surface area is 125 Å². The second-order valence-electron chi connectivity index (χ2n) is 4.79. The summed E-state index contributed by atoms with van der Waals surface area (Å²) in [6.45, 7) is 0.503. The molecule has 0 heterocycles. The molecule has 0 fully saturated rings. The van der Waals surface area contributed by atoms with E-state index in [9.17, 15) is 0 Å². The molecule has 2 rings (SSSR count). The average Bonchev–Trinajstić information content (AvgIpc) is 2.56. The highest BCUT2D eigenvalue weighted by Gasteiger charge is 2.16. The van der Waals surface area contributed by atoms with Crippen LogP contribution in [0.15, 0.2) is 48.5 Å². The van der Waals surface area contributed by atoms with Crippen LogP contribution in [0.2, 0.25) is 0 Å². The third kappa shape index (κ3) is 3.33. The topological polar surface area (TPSA) is 62.3 Å². The summed E-state index contributed by atoms with van der Waals surface area (Å²) in [4.78, 5) is 2.11. The summed E-state index contributed by atoms with van der Waals surface area (Å²) in [6.07, 6.45) is 0. The highest BCUT2D eigenvalue weighted by Crippen LogP contribution is 2.26. The van der Waals surface area contributed by atoms with Crippen LogP contribution in [0.1, 0.15) is 17.2 Å². The maximum absolute atomic E-state index is 8.85. The van der Waals surface area contributed by atoms with Crippen molar-refractivity contribution in [2.75, 3.05) is 25.6 Å². The summed E-state index contributed by atoms with van der Waals surface area (Å²) < 4.78 is 5.18. The van der Waals surface area contributed by atoms with Gasteiger partial charge in [-0.25, -0.2) is 0 Å². The molecule has 108 valence electrons. The molecular weight excluding hydrogens is 262 g/mol. The molecule has 4 heteroatoms. The van der Waals surface area contributed by atoms with Crippen LogP contribution in [0.25, 0.3) is 0 Å². The fourth-order valence-corrected chi connectivity index (χ4v) is 2.29. The van der Waals surface area contributed by atoms with Crippen LogP contribution in [-0.4, -0.2) is 20.7 Å². The molecule has 0 aromatic heterocycles. The van der Waals surface area contributed by atoms with Gasteiger partial charge < -0.3 is 15.4 Å². The van der Waals surface area contributed by atoms with Gasteiger partial charge in [0.05, 0.1) is 24.8 Å². The standard InChI is InChI=1S/C17H19N3O/c1-20(15-7-3-13(11-18)4-8-15)17(12-19)14-5-9-16(21-2)10-6-14/h3-10,17H,12,19H2,1-2H3. The van der Waals surface area contributed by atoms with Gasteiger partial charge in [0, 0.05) is 19.3 Å². The van der Waals surface area contributed by atoms with Gasteiger partial charge in [0.25, 0.3) is 0 Å². The number of nitrogens with two attached hydrogens (primary N) is 1. The van der Waals surface area contributed by atoms with Gasteiger partial charge in [0.2, 0.25) is 0 Å². The van der Waals surface area contributed by atoms with E-state index in [1.807, 2.05) is 55.6 Å². The lowest BCUT2D eigenvalue weighted by molar-refractivity contribution is 0.414. The monoisotopic (exact) mass is 281 g/mol. The molecule has 0 bridgehead atoms. The highest BCUT2D eigenvalue weighted by molar-refractivity contribution is 5.51. The molecule has 21 heavy (non-hydrogen) atoms. The Morgan fingerprint density at radius 3 is 2.24 bits per heavy atom. The predicted molar refractivity (Wildman–Crippen MR) is 84.3 cm³/mol. The van der Waals surface area contributed by atoms with Crippen molar-refractivity contribution in [1.29, 1.82) is 5.26 Å². The van der Waals surface area contributed by atoms with Crippen LogP contribution < -0.4 is 15.4 Å². The van der Waals surface area contributed by atoms with Gasteiger partial charge >= 0.3 is 0 Å². The fourth-order valence-electron chi connectivity index (χ4n) is 2.29. The zero-order valence-electron chi connectivity index (χ0n) is 12.3. The first-order chi connectivity index (χ1) is 10.2. The second kappa shape index (κ2) is 6.78. The third-order valence-corrected chi connectivity index (χ3v) is 3.60. The van der Waals surface area contributed by atoms with Crippen molar-refractivity contribution >= 4 is 5.69 Å². The number of likely N-dealkylation sites (N-methyl/N-ethyl adjacent to an activating group) is 1. The van der Waals surface area contributed by atoms with Crippen LogP contribution in [0.3, 0.4) is 0 Å². The van der Waals surface area contributed by atoms with E-state index < -0.39 is 0 Å². The molecular formula is C17H19N3O. The van der Waals surface area contributed by atoms with Gasteiger partial charge in [0.15, 0.2) is 0 Å². The molecule has 1 atom stereocenters. The number of hydrogen-bond acceptors (Lipinski definition) is 4. The number of anilines is 1. The smallest absolute Gasteiger partial charge is 0.118 e. The second-order valence-corrected chi connectivity index (χ2v) is 4.79. The summed E-state index contributed by atoms with van der Waals surface area (Å²) in [5.41, 5.74) is 8.76. The number of methoxy groups -OCH3 is 1. The van der Waals surface area contributed by atoms with Gasteiger partial charge in [-0.15, -0.1) is 0 Å². The van der Waals surface area contributed by atoms with E-state index in [0.717, 1.165) is 17.0 Å². The van der Waals surface area contributed by atoms with Crippen molar-refractivity contribution in [3.8, 4) is 11.8 Å². The first-order valence-electron chi connectivity index (χ1n) is 6.76. The van der Waals surface area contributed by atoms with Gasteiger partial charge in [-0.2, -0.15) is 5.26 Å². The van der Waals surface area contributed by atoms with Gasteiger partial charge in [-0.1, -0.05) is 12.1 Å². The van der Waals surface area contributed by atoms with Gasteiger partial charge in [-0.3, -0.25) is 0 Å². The summed E-state index contributed by atoms with van der Waals surface area (Å²) in [7, 11) is 3.65. The van der Waals surface area contributed by atoms with Crippen LogP contribution in [-0.2, 0) is 0 Å². The number of nitriles is 1. The highest BCUT2D eigenvalue weighted by atomic mass is 16.5. The van der Waals surface area contributed by atoms with Crippen molar-refractivity contribution in [3.05, 3.63) is 59.7 Å². The Morgan fingerprint density at radius 1 is 1.14 bits per heavy atom. The first-order valence-corrected chi connectivity index (χ1v) is 6.76. The molecule has 1 unspecified atom stereocenters. The van der Waals surface area contributed by atoms with Crippen LogP contribution >= 0.6 is 0 Å². The summed E-state index contributed by atoms with van der Waals surface area (Å²) >= 11 is 0. The van der Waals surface area contributed by atoms with Crippen LogP contribution in [0, 0.1) is 11.3 Å². The molecule has 0 saturated carbocycles. The first kappa shape index (κ1) is 14.9. The molecule has 0 aliphatic rings. The largest absolute Gasteiger partial charge is 0.497 e. The van der Waals surface area contributed by atoms with Gasteiger partial charge in [-0.05, 0) is 42.0 Å². The number of nitrogens with zero attached hydrogens (tertiary/aromatic N) is 2. The molecule has 4 nitrogen and oxygen atoms in total. The Hall–Kier alpha value is -2.51. The number of rotatable bonds is 5. The van der Waals surface area contributed by atoms with Gasteiger partial charge in [0.1, 0.15) is 5.75 Å². The lowest BCUT2D eigenvalue weighted by Crippen LogP contribution is -2.30. The fraction of sp³-hybridized carbons (Fsp3) is 0.235. The summed E-state index contributed by atoms with van der Waals surface area (Å²) in [5.74, 6) is 0.829. The molecule has 0 amide bonds. The van der Waals surface area contributed by atoms with Crippen LogP contribution in [0.4, 0.5) is 5.69 Å². The van der Waals surface area contributed by atoms with Crippen molar-refractivity contribution < 1.29 is 4.74 Å². The lowest BCUT2D eigenvalue weighted by atomic mass is 10.0. The van der Waals surface area contributed by atoms with E-state index in [1.54, 1.807) is 7.11 Å². The Bertz CT molecular complexity index is 614. The minimum absolute atomic E-state index is 0.0730. The Morgan fingerprint density at radius 2 is 1.76 bits per heavy atom. The Balaban J connectivity index is 2.24. The van der Waals surface area contributed by atoms with E-state index in [0.29, 0.717) is 12.1 Å². The number of ether oxygens (including phenoxy) is 1. The molecule has 0 spiro atoms. The molecule has 2 aromatic carbocycles. The van der Waals surface area contributed by atoms with E-state index >= 15 is 0 Å². The zero-order valence-corrected chi connectivity index (χ0v) is 12.3. The summed E-state index contributed by atoms with van der Waals surface area (Å²) in [6, 6.07) is 17.6. The average molecular weight is 281 g/mol. The van der Waals surface area contributed by atoms with Crippen LogP contribution in [0.5, 0.6) is 5.75 Å². The SMILES string of the molecule is COc1ccc(C(CN)N(C)c2ccc(C#N)cc2)cc1. The number of benzene rings is 2. The molecule has 0 aliphatic heterocycles. The minimum Gasteiger partial charge on any atom is -0.497 e. The normalized spacial score (nSPS) is 11.5. The molecule has 0 radical (unpaired) electrons. The van der Waals surface area contributed by atoms with Crippen molar-refractivity contribution in [2.24, 2.45) is 5.73 Å². The van der Waals surface area contributed by atoms with Crippen molar-refractivity contribution in [1.82, 2.24) is 0 Å². The maximum atomic E-state index is 8.85. The van der Waals surface area contributed by atoms with E-state index in [2.05, 4.69) is 11.0 Å². The molecule has 2 aromatic rings. The lowest BCUT2D eigenvalue weighted by Gasteiger charge is -2.29. The Kier molecular flexibility index (Phi) is 4.81. The van der Waals surface area contributed by atoms with Crippen molar-refractivity contribution in [2.45, 2.75) is 6.04 Å². The third-order valence-electron chi connectivity index (χ3n) is 3.60. The van der Waals surface area contributed by atoms with E-state index in [4.69, 9.17) is 15.7 Å². The quantitative estimate of drug-likeness (QED) is 0.915. The van der Waals surface area contributed by atoms with E-state index in [1.165, 1.54) is 0 Å². The summed E-state index contributed by atoms with van der Waals surface area (Å²) in [5, 5.41) is 8.85. The number of hydrogen-bond donors (Lipinski definition) is 1. The molecule has 2 N–H and O–H groups in total. The van der Waals surface area contributed by atoms with Crippen molar-refractivity contribution in [3.63, 3.8) is 0 Å².